The molecule has 326 valence electrons. The highest BCUT2D eigenvalue weighted by Crippen LogP contribution is 2.62. The zero-order chi connectivity index (χ0) is 46.0. The SMILES string of the molecule is c1ccc(N(c2ccc(-c3ccc4c(c3)-c3ccccc3C4(c3ccccc3)c3ccccc3)cc2)c2ccc3c(c2)C2(c4ccccc4-3)c3ccccc3-n3c4ccccc4c4cccc2c43)cc1. The molecule has 11 aromatic carbocycles. The molecular weight excluding hydrogens is 845 g/mol. The highest BCUT2D eigenvalue weighted by molar-refractivity contribution is 6.13. The lowest BCUT2D eigenvalue weighted by Gasteiger charge is -2.40. The van der Waals surface area contributed by atoms with Gasteiger partial charge in [-0.2, -0.15) is 0 Å². The van der Waals surface area contributed by atoms with Crippen LogP contribution >= 0.6 is 0 Å². The Kier molecular flexibility index (Phi) is 8.24. The van der Waals surface area contributed by atoms with Crippen molar-refractivity contribution in [2.24, 2.45) is 0 Å². The zero-order valence-electron chi connectivity index (χ0n) is 38.3. The average Bonchev–Trinajstić information content (AvgIpc) is 4.05. The minimum Gasteiger partial charge on any atom is -0.310 e. The zero-order valence-corrected chi connectivity index (χ0v) is 38.3. The molecule has 2 heterocycles. The number of rotatable bonds is 6. The van der Waals surface area contributed by atoms with Gasteiger partial charge in [-0.05, 0) is 132 Å². The molecule has 0 radical (unpaired) electrons. The molecule has 1 atom stereocenters. The summed E-state index contributed by atoms with van der Waals surface area (Å²) in [5.41, 5.74) is 24.1. The molecule has 0 fully saturated rings. The van der Waals surface area contributed by atoms with Crippen LogP contribution in [-0.2, 0) is 10.8 Å². The molecule has 1 unspecified atom stereocenters. The van der Waals surface area contributed by atoms with E-state index in [-0.39, 0.29) is 0 Å². The predicted molar refractivity (Wildman–Crippen MR) is 289 cm³/mol. The lowest BCUT2D eigenvalue weighted by atomic mass is 9.65. The Morgan fingerprint density at radius 1 is 0.286 bits per heavy atom. The molecule has 2 heteroatoms. The van der Waals surface area contributed by atoms with Gasteiger partial charge in [0.05, 0.1) is 27.6 Å². The molecule has 0 saturated heterocycles. The molecule has 0 bridgehead atoms. The Bertz CT molecular complexity index is 4010. The third-order valence-electron chi connectivity index (χ3n) is 15.9. The molecule has 0 saturated carbocycles. The fraction of sp³-hybridized carbons (Fsp3) is 0.0294. The summed E-state index contributed by atoms with van der Waals surface area (Å²) in [5.74, 6) is 0. The number of benzene rings is 11. The van der Waals surface area contributed by atoms with Crippen LogP contribution in [-0.4, -0.2) is 4.57 Å². The number of para-hydroxylation sites is 4. The predicted octanol–water partition coefficient (Wildman–Crippen LogP) is 17.0. The molecule has 0 N–H and O–H groups in total. The number of aromatic nitrogens is 1. The van der Waals surface area contributed by atoms with Gasteiger partial charge in [-0.3, -0.25) is 0 Å². The van der Waals surface area contributed by atoms with Crippen LogP contribution in [0.3, 0.4) is 0 Å². The van der Waals surface area contributed by atoms with Crippen LogP contribution in [0, 0.1) is 0 Å². The van der Waals surface area contributed by atoms with E-state index >= 15 is 0 Å². The van der Waals surface area contributed by atoms with Crippen molar-refractivity contribution in [1.29, 1.82) is 0 Å². The lowest BCUT2D eigenvalue weighted by Crippen LogP contribution is -2.33. The summed E-state index contributed by atoms with van der Waals surface area (Å²) in [7, 11) is 0. The summed E-state index contributed by atoms with van der Waals surface area (Å²) in [4.78, 5) is 2.43. The minimum absolute atomic E-state index is 0.423. The summed E-state index contributed by atoms with van der Waals surface area (Å²) in [6.45, 7) is 0. The van der Waals surface area contributed by atoms with Crippen molar-refractivity contribution in [1.82, 2.24) is 4.57 Å². The Morgan fingerprint density at radius 3 is 1.54 bits per heavy atom. The van der Waals surface area contributed by atoms with E-state index in [1.54, 1.807) is 0 Å². The van der Waals surface area contributed by atoms with Crippen LogP contribution in [0.25, 0.3) is 60.9 Å². The largest absolute Gasteiger partial charge is 0.310 e. The Morgan fingerprint density at radius 2 is 0.800 bits per heavy atom. The van der Waals surface area contributed by atoms with Gasteiger partial charge in [0.15, 0.2) is 0 Å². The van der Waals surface area contributed by atoms with Crippen LogP contribution in [0.5, 0.6) is 0 Å². The first-order valence-electron chi connectivity index (χ1n) is 24.4. The van der Waals surface area contributed by atoms with Crippen LogP contribution in [0.4, 0.5) is 17.1 Å². The van der Waals surface area contributed by atoms with Crippen molar-refractivity contribution in [3.63, 3.8) is 0 Å². The van der Waals surface area contributed by atoms with Gasteiger partial charge in [0.2, 0.25) is 0 Å². The van der Waals surface area contributed by atoms with Crippen LogP contribution in [0.15, 0.2) is 267 Å². The minimum atomic E-state index is -0.542. The van der Waals surface area contributed by atoms with Crippen molar-refractivity contribution >= 4 is 38.9 Å². The van der Waals surface area contributed by atoms with Gasteiger partial charge >= 0.3 is 0 Å². The first-order chi connectivity index (χ1) is 34.7. The number of fused-ring (bicyclic) bond motifs is 15. The fourth-order valence-electron chi connectivity index (χ4n) is 13.1. The maximum atomic E-state index is 2.52. The number of hydrogen-bond acceptors (Lipinski definition) is 1. The molecule has 0 amide bonds. The molecule has 2 nitrogen and oxygen atoms in total. The topological polar surface area (TPSA) is 8.17 Å². The highest BCUT2D eigenvalue weighted by Gasteiger charge is 2.51. The van der Waals surface area contributed by atoms with Gasteiger partial charge in [0.1, 0.15) is 0 Å². The maximum absolute atomic E-state index is 2.52. The van der Waals surface area contributed by atoms with Gasteiger partial charge in [0.25, 0.3) is 0 Å². The summed E-state index contributed by atoms with van der Waals surface area (Å²) in [5, 5.41) is 2.57. The van der Waals surface area contributed by atoms with Crippen molar-refractivity contribution < 1.29 is 0 Å². The van der Waals surface area contributed by atoms with Crippen molar-refractivity contribution in [2.45, 2.75) is 10.8 Å². The molecule has 1 aliphatic heterocycles. The average molecular weight is 889 g/mol. The second-order valence-corrected chi connectivity index (χ2v) is 19.1. The van der Waals surface area contributed by atoms with Crippen molar-refractivity contribution in [3.8, 4) is 39.1 Å². The lowest BCUT2D eigenvalue weighted by molar-refractivity contribution is 0.748. The smallest absolute Gasteiger partial charge is 0.0755 e. The first kappa shape index (κ1) is 39.1. The summed E-state index contributed by atoms with van der Waals surface area (Å²) < 4.78 is 2.52. The van der Waals surface area contributed by atoms with Crippen LogP contribution in [0.1, 0.15) is 44.5 Å². The molecule has 3 aliphatic rings. The first-order valence-corrected chi connectivity index (χ1v) is 24.4. The third-order valence-corrected chi connectivity index (χ3v) is 15.9. The fourth-order valence-corrected chi connectivity index (χ4v) is 13.1. The normalized spacial score (nSPS) is 15.3. The van der Waals surface area contributed by atoms with Gasteiger partial charge < -0.3 is 9.47 Å². The van der Waals surface area contributed by atoms with Crippen molar-refractivity contribution in [3.05, 3.63) is 311 Å². The van der Waals surface area contributed by atoms with Crippen LogP contribution in [0.2, 0.25) is 0 Å². The second-order valence-electron chi connectivity index (χ2n) is 19.1. The van der Waals surface area contributed by atoms with E-state index in [1.165, 1.54) is 105 Å². The van der Waals surface area contributed by atoms with E-state index < -0.39 is 10.8 Å². The third kappa shape index (κ3) is 5.12. The Hall–Kier alpha value is -8.98. The summed E-state index contributed by atoms with van der Waals surface area (Å²) in [6, 6.07) is 99.6. The molecular formula is C68H44N2. The molecule has 1 spiro atoms. The Labute approximate surface area is 407 Å². The summed E-state index contributed by atoms with van der Waals surface area (Å²) in [6.07, 6.45) is 0. The monoisotopic (exact) mass is 888 g/mol. The van der Waals surface area contributed by atoms with Gasteiger partial charge in [-0.1, -0.05) is 212 Å². The molecule has 12 aromatic rings. The van der Waals surface area contributed by atoms with Crippen molar-refractivity contribution in [2.75, 3.05) is 4.90 Å². The second kappa shape index (κ2) is 14.8. The summed E-state index contributed by atoms with van der Waals surface area (Å²) >= 11 is 0. The number of hydrogen-bond donors (Lipinski definition) is 0. The van der Waals surface area contributed by atoms with E-state index in [0.29, 0.717) is 0 Å². The van der Waals surface area contributed by atoms with Crippen LogP contribution < -0.4 is 4.90 Å². The molecule has 15 rings (SSSR count). The quantitative estimate of drug-likeness (QED) is 0.161. The van der Waals surface area contributed by atoms with E-state index in [9.17, 15) is 0 Å². The van der Waals surface area contributed by atoms with Gasteiger partial charge in [0, 0.05) is 27.8 Å². The Balaban J connectivity index is 0.894. The number of nitrogens with zero attached hydrogens (tertiary/aromatic N) is 2. The molecule has 2 aliphatic carbocycles. The standard InChI is InChI=1S/C68H44N2/c1-4-19-47(20-5-1)67(48-21-6-2-7-22-48)58-29-13-11-26-53(58)57-43-46(37-42-60(57)67)45-35-38-50(39-36-45)69(49-23-8-3-9-24-49)51-40-41-54-52-25-10-14-30-59(52)68(63(54)44-51)61-31-15-17-34-65(61)70-64-33-16-12-27-55(64)56-28-18-32-62(68)66(56)70/h1-44H. The van der Waals surface area contributed by atoms with Gasteiger partial charge in [-0.15, -0.1) is 0 Å². The highest BCUT2D eigenvalue weighted by atomic mass is 15.1. The van der Waals surface area contributed by atoms with E-state index in [1.807, 2.05) is 0 Å². The molecule has 70 heavy (non-hydrogen) atoms. The molecule has 1 aromatic heterocycles. The number of anilines is 3. The van der Waals surface area contributed by atoms with E-state index in [0.717, 1.165) is 17.1 Å². The van der Waals surface area contributed by atoms with E-state index in [4.69, 9.17) is 0 Å². The van der Waals surface area contributed by atoms with Gasteiger partial charge in [-0.25, -0.2) is 0 Å². The maximum Gasteiger partial charge on any atom is 0.0755 e. The van der Waals surface area contributed by atoms with E-state index in [2.05, 4.69) is 276 Å².